The number of hydrogen-bond acceptors (Lipinski definition) is 4. The number of fused-ring (bicyclic) bond motifs is 1. The van der Waals surface area contributed by atoms with E-state index >= 15 is 0 Å². The van der Waals surface area contributed by atoms with Crippen LogP contribution in [-0.2, 0) is 4.79 Å². The highest BCUT2D eigenvalue weighted by Crippen LogP contribution is 2.27. The molecule has 0 radical (unpaired) electrons. The van der Waals surface area contributed by atoms with Crippen LogP contribution in [0, 0.1) is 5.92 Å². The second-order valence-electron chi connectivity index (χ2n) is 4.63. The summed E-state index contributed by atoms with van der Waals surface area (Å²) in [5.74, 6) is -0.955. The van der Waals surface area contributed by atoms with Crippen molar-refractivity contribution in [3.8, 4) is 0 Å². The number of nitrogens with zero attached hydrogens (tertiary/aromatic N) is 3. The third kappa shape index (κ3) is 1.95. The zero-order valence-corrected chi connectivity index (χ0v) is 9.78. The van der Waals surface area contributed by atoms with Gasteiger partial charge in [-0.3, -0.25) is 4.79 Å². The fraction of sp³-hybridized carbons (Fsp3) is 0.417. The van der Waals surface area contributed by atoms with Crippen molar-refractivity contribution in [2.75, 3.05) is 6.54 Å². The molecular formula is C12H14N4O2. The van der Waals surface area contributed by atoms with Gasteiger partial charge >= 0.3 is 5.97 Å². The molecule has 3 heterocycles. The van der Waals surface area contributed by atoms with Gasteiger partial charge in [0.25, 0.3) is 0 Å². The molecule has 3 rings (SSSR count). The molecule has 6 heteroatoms. The fourth-order valence-electron chi connectivity index (χ4n) is 2.46. The molecular weight excluding hydrogens is 232 g/mol. The van der Waals surface area contributed by atoms with Crippen molar-refractivity contribution in [1.82, 2.24) is 20.1 Å². The molecule has 2 unspecified atom stereocenters. The van der Waals surface area contributed by atoms with Gasteiger partial charge in [-0.05, 0) is 37.1 Å². The number of carboxylic acids is 1. The summed E-state index contributed by atoms with van der Waals surface area (Å²) in [6.07, 6.45) is 4.88. The molecule has 1 aliphatic rings. The molecule has 2 aromatic heterocycles. The van der Waals surface area contributed by atoms with Gasteiger partial charge in [-0.2, -0.15) is 0 Å². The zero-order chi connectivity index (χ0) is 12.5. The molecule has 2 N–H and O–H groups in total. The number of hydrogen-bond donors (Lipinski definition) is 2. The molecule has 6 nitrogen and oxygen atoms in total. The van der Waals surface area contributed by atoms with E-state index in [1.165, 1.54) is 0 Å². The van der Waals surface area contributed by atoms with Crippen molar-refractivity contribution in [3.05, 3.63) is 30.1 Å². The minimum atomic E-state index is -0.700. The average Bonchev–Trinajstić information content (AvgIpc) is 2.86. The summed E-state index contributed by atoms with van der Waals surface area (Å²) in [5, 5.41) is 20.2. The van der Waals surface area contributed by atoms with Crippen molar-refractivity contribution in [1.29, 1.82) is 0 Å². The summed E-state index contributed by atoms with van der Waals surface area (Å²) in [6, 6.07) is 4.06. The molecule has 2 aromatic rings. The Bertz CT molecular complexity index is 580. The zero-order valence-electron chi connectivity index (χ0n) is 9.78. The van der Waals surface area contributed by atoms with Crippen LogP contribution < -0.4 is 5.32 Å². The van der Waals surface area contributed by atoms with Crippen LogP contribution in [0.4, 0.5) is 0 Å². The van der Waals surface area contributed by atoms with Crippen molar-refractivity contribution in [2.45, 2.75) is 18.9 Å². The number of rotatable bonds is 2. The molecule has 94 valence electrons. The fourth-order valence-corrected chi connectivity index (χ4v) is 2.46. The summed E-state index contributed by atoms with van der Waals surface area (Å²) in [4.78, 5) is 11.1. The van der Waals surface area contributed by atoms with Crippen LogP contribution in [0.2, 0.25) is 0 Å². The SMILES string of the molecule is O=C(O)C1CCNC(c2ccn3nncc3c2)C1. The Labute approximate surface area is 104 Å². The van der Waals surface area contributed by atoms with Gasteiger partial charge in [0.05, 0.1) is 17.6 Å². The number of carboxylic acid groups (broad SMARTS) is 1. The number of carbonyl (C=O) groups is 1. The molecule has 0 amide bonds. The van der Waals surface area contributed by atoms with Gasteiger partial charge in [0.1, 0.15) is 0 Å². The third-order valence-electron chi connectivity index (χ3n) is 3.48. The molecule has 1 fully saturated rings. The lowest BCUT2D eigenvalue weighted by atomic mass is 9.89. The van der Waals surface area contributed by atoms with Crippen molar-refractivity contribution >= 4 is 11.5 Å². The largest absolute Gasteiger partial charge is 0.481 e. The quantitative estimate of drug-likeness (QED) is 0.821. The number of aromatic nitrogens is 3. The van der Waals surface area contributed by atoms with Crippen LogP contribution in [0.3, 0.4) is 0 Å². The summed E-state index contributed by atoms with van der Waals surface area (Å²) in [6.45, 7) is 0.740. The highest BCUT2D eigenvalue weighted by atomic mass is 16.4. The van der Waals surface area contributed by atoms with Gasteiger partial charge in [0.2, 0.25) is 0 Å². The smallest absolute Gasteiger partial charge is 0.306 e. The predicted octanol–water partition coefficient (Wildman–Crippen LogP) is 0.855. The average molecular weight is 246 g/mol. The lowest BCUT2D eigenvalue weighted by molar-refractivity contribution is -0.143. The molecule has 2 atom stereocenters. The summed E-state index contributed by atoms with van der Waals surface area (Å²) in [5.41, 5.74) is 2.02. The first-order chi connectivity index (χ1) is 8.74. The van der Waals surface area contributed by atoms with E-state index in [0.717, 1.165) is 17.6 Å². The van der Waals surface area contributed by atoms with Gasteiger partial charge in [-0.25, -0.2) is 4.52 Å². The van der Waals surface area contributed by atoms with E-state index in [4.69, 9.17) is 5.11 Å². The van der Waals surface area contributed by atoms with Crippen LogP contribution in [0.5, 0.6) is 0 Å². The molecule has 0 spiro atoms. The van der Waals surface area contributed by atoms with Crippen LogP contribution in [0.25, 0.3) is 5.52 Å². The number of nitrogens with one attached hydrogen (secondary N) is 1. The molecule has 0 aliphatic carbocycles. The summed E-state index contributed by atoms with van der Waals surface area (Å²) >= 11 is 0. The maximum atomic E-state index is 11.1. The molecule has 0 aromatic carbocycles. The summed E-state index contributed by atoms with van der Waals surface area (Å²) in [7, 11) is 0. The van der Waals surface area contributed by atoms with E-state index in [1.807, 2.05) is 18.3 Å². The van der Waals surface area contributed by atoms with Crippen molar-refractivity contribution in [2.24, 2.45) is 5.92 Å². The number of piperidine rings is 1. The van der Waals surface area contributed by atoms with E-state index < -0.39 is 5.97 Å². The lowest BCUT2D eigenvalue weighted by Crippen LogP contribution is -2.34. The lowest BCUT2D eigenvalue weighted by Gasteiger charge is -2.28. The van der Waals surface area contributed by atoms with E-state index in [-0.39, 0.29) is 12.0 Å². The molecule has 0 bridgehead atoms. The maximum Gasteiger partial charge on any atom is 0.306 e. The normalized spacial score (nSPS) is 24.2. The third-order valence-corrected chi connectivity index (χ3v) is 3.48. The molecule has 1 aliphatic heterocycles. The maximum absolute atomic E-state index is 11.1. The number of aliphatic carboxylic acids is 1. The van der Waals surface area contributed by atoms with Crippen LogP contribution in [0.1, 0.15) is 24.4 Å². The first kappa shape index (κ1) is 11.2. The van der Waals surface area contributed by atoms with Gasteiger partial charge in [-0.15, -0.1) is 5.10 Å². The topological polar surface area (TPSA) is 79.5 Å². The second-order valence-corrected chi connectivity index (χ2v) is 4.63. The van der Waals surface area contributed by atoms with Crippen LogP contribution >= 0.6 is 0 Å². The first-order valence-corrected chi connectivity index (χ1v) is 6.00. The minimum Gasteiger partial charge on any atom is -0.481 e. The Balaban J connectivity index is 1.86. The molecule has 1 saturated heterocycles. The molecule has 18 heavy (non-hydrogen) atoms. The first-order valence-electron chi connectivity index (χ1n) is 6.00. The van der Waals surface area contributed by atoms with E-state index in [2.05, 4.69) is 15.6 Å². The highest BCUT2D eigenvalue weighted by Gasteiger charge is 2.27. The van der Waals surface area contributed by atoms with Gasteiger partial charge in [0, 0.05) is 12.2 Å². The summed E-state index contributed by atoms with van der Waals surface area (Å²) < 4.78 is 1.70. The van der Waals surface area contributed by atoms with Crippen molar-refractivity contribution in [3.63, 3.8) is 0 Å². The van der Waals surface area contributed by atoms with Crippen LogP contribution in [-0.4, -0.2) is 32.4 Å². The molecule has 0 saturated carbocycles. The van der Waals surface area contributed by atoms with Gasteiger partial charge in [0.15, 0.2) is 0 Å². The standard InChI is InChI=1S/C12H14N4O2/c17-12(18)9-1-3-13-11(6-9)8-2-4-16-10(5-8)7-14-15-16/h2,4-5,7,9,11,13H,1,3,6H2,(H,17,18). The van der Waals surface area contributed by atoms with Gasteiger partial charge < -0.3 is 10.4 Å². The Morgan fingerprint density at radius 2 is 2.44 bits per heavy atom. The monoisotopic (exact) mass is 246 g/mol. The van der Waals surface area contributed by atoms with E-state index in [9.17, 15) is 4.79 Å². The number of pyridine rings is 1. The van der Waals surface area contributed by atoms with E-state index in [1.54, 1.807) is 10.7 Å². The Morgan fingerprint density at radius 3 is 3.28 bits per heavy atom. The minimum absolute atomic E-state index is 0.0970. The highest BCUT2D eigenvalue weighted by molar-refractivity contribution is 5.70. The van der Waals surface area contributed by atoms with Gasteiger partial charge in [-0.1, -0.05) is 5.21 Å². The Hall–Kier alpha value is -1.95. The second kappa shape index (κ2) is 4.38. The van der Waals surface area contributed by atoms with Crippen LogP contribution in [0.15, 0.2) is 24.5 Å². The Morgan fingerprint density at radius 1 is 1.56 bits per heavy atom. The van der Waals surface area contributed by atoms with Crippen molar-refractivity contribution < 1.29 is 9.90 Å². The van der Waals surface area contributed by atoms with E-state index in [0.29, 0.717) is 12.8 Å². The Kier molecular flexibility index (Phi) is 2.71. The predicted molar refractivity (Wildman–Crippen MR) is 64.1 cm³/mol.